The Bertz CT molecular complexity index is 550. The Kier molecular flexibility index (Phi) is 5.30. The number of aromatic nitrogens is 1. The van der Waals surface area contributed by atoms with Crippen LogP contribution in [0.25, 0.3) is 11.3 Å². The summed E-state index contributed by atoms with van der Waals surface area (Å²) in [6, 6.07) is 7.38. The van der Waals surface area contributed by atoms with Gasteiger partial charge in [-0.05, 0) is 38.1 Å². The highest BCUT2D eigenvalue weighted by Gasteiger charge is 2.25. The molecule has 0 bridgehead atoms. The van der Waals surface area contributed by atoms with Gasteiger partial charge in [-0.15, -0.1) is 12.4 Å². The molecule has 108 valence electrons. The first kappa shape index (κ1) is 16.2. The van der Waals surface area contributed by atoms with E-state index in [9.17, 15) is 4.79 Å². The molecule has 1 amide bonds. The maximum absolute atomic E-state index is 12.0. The van der Waals surface area contributed by atoms with Gasteiger partial charge in [-0.2, -0.15) is 0 Å². The number of nitrogens with one attached hydrogen (secondary N) is 1. The molecule has 0 saturated carbocycles. The number of oxazole rings is 1. The van der Waals surface area contributed by atoms with E-state index in [0.717, 1.165) is 11.3 Å². The van der Waals surface area contributed by atoms with Gasteiger partial charge in [-0.25, -0.2) is 4.98 Å². The van der Waals surface area contributed by atoms with Crippen molar-refractivity contribution in [3.63, 3.8) is 0 Å². The lowest BCUT2D eigenvalue weighted by Gasteiger charge is -2.21. The molecule has 6 heteroatoms. The van der Waals surface area contributed by atoms with Crippen LogP contribution in [0.4, 0.5) is 5.69 Å². The molecule has 20 heavy (non-hydrogen) atoms. The van der Waals surface area contributed by atoms with Crippen LogP contribution in [0.1, 0.15) is 13.8 Å². The highest BCUT2D eigenvalue weighted by molar-refractivity contribution is 5.95. The number of rotatable bonds is 4. The molecule has 0 aliphatic heterocycles. The van der Waals surface area contributed by atoms with Crippen LogP contribution in [0.15, 0.2) is 41.3 Å². The minimum Gasteiger partial charge on any atom is -0.444 e. The summed E-state index contributed by atoms with van der Waals surface area (Å²) < 4.78 is 5.20. The smallest absolute Gasteiger partial charge is 0.231 e. The second-order valence-corrected chi connectivity index (χ2v) is 4.99. The first-order chi connectivity index (χ1) is 9.03. The topological polar surface area (TPSA) is 81.2 Å². The van der Waals surface area contributed by atoms with Crippen molar-refractivity contribution in [1.29, 1.82) is 0 Å². The first-order valence-electron chi connectivity index (χ1n) is 6.03. The highest BCUT2D eigenvalue weighted by Crippen LogP contribution is 2.22. The van der Waals surface area contributed by atoms with E-state index in [-0.39, 0.29) is 18.3 Å². The molecular formula is C14H18ClN3O2. The Morgan fingerprint density at radius 2 is 2.00 bits per heavy atom. The quantitative estimate of drug-likeness (QED) is 0.908. The zero-order chi connectivity index (χ0) is 13.9. The van der Waals surface area contributed by atoms with Crippen LogP contribution in [0.3, 0.4) is 0 Å². The molecule has 1 aromatic carbocycles. The van der Waals surface area contributed by atoms with Gasteiger partial charge in [0.25, 0.3) is 0 Å². The lowest BCUT2D eigenvalue weighted by atomic mass is 9.92. The van der Waals surface area contributed by atoms with E-state index in [1.54, 1.807) is 6.20 Å². The number of nitrogens with two attached hydrogens (primary N) is 1. The minimum atomic E-state index is -0.580. The Hall–Kier alpha value is -1.85. The predicted molar refractivity (Wildman–Crippen MR) is 80.7 cm³/mol. The predicted octanol–water partition coefficient (Wildman–Crippen LogP) is 2.69. The standard InChI is InChI=1S/C14H17N3O2.ClH/c1-14(2,8-15)13(18)17-11-5-3-10(4-6-11)12-7-16-9-19-12;/h3-7,9H,8,15H2,1-2H3,(H,17,18);1H. The van der Waals surface area contributed by atoms with Crippen LogP contribution in [0, 0.1) is 5.41 Å². The minimum absolute atomic E-state index is 0. The lowest BCUT2D eigenvalue weighted by molar-refractivity contribution is -0.123. The number of hydrogen-bond acceptors (Lipinski definition) is 4. The van der Waals surface area contributed by atoms with Gasteiger partial charge in [0.1, 0.15) is 0 Å². The van der Waals surface area contributed by atoms with Crippen molar-refractivity contribution < 1.29 is 9.21 Å². The third-order valence-corrected chi connectivity index (χ3v) is 2.98. The molecule has 5 nitrogen and oxygen atoms in total. The summed E-state index contributed by atoms with van der Waals surface area (Å²) in [4.78, 5) is 15.8. The molecule has 0 spiro atoms. The molecular weight excluding hydrogens is 278 g/mol. The number of nitrogens with zero attached hydrogens (tertiary/aromatic N) is 1. The zero-order valence-corrected chi connectivity index (χ0v) is 12.2. The van der Waals surface area contributed by atoms with Crippen molar-refractivity contribution in [1.82, 2.24) is 4.98 Å². The van der Waals surface area contributed by atoms with E-state index in [1.165, 1.54) is 6.39 Å². The molecule has 2 rings (SSSR count). The number of hydrogen-bond donors (Lipinski definition) is 2. The Labute approximate surface area is 124 Å². The molecule has 1 heterocycles. The summed E-state index contributed by atoms with van der Waals surface area (Å²) in [6.45, 7) is 3.92. The largest absolute Gasteiger partial charge is 0.444 e. The molecule has 0 saturated heterocycles. The van der Waals surface area contributed by atoms with Gasteiger partial charge >= 0.3 is 0 Å². The van der Waals surface area contributed by atoms with Crippen molar-refractivity contribution >= 4 is 24.0 Å². The summed E-state index contributed by atoms with van der Waals surface area (Å²) in [7, 11) is 0. The number of anilines is 1. The van der Waals surface area contributed by atoms with Gasteiger partial charge in [0.15, 0.2) is 12.2 Å². The first-order valence-corrected chi connectivity index (χ1v) is 6.03. The molecule has 0 radical (unpaired) electrons. The zero-order valence-electron chi connectivity index (χ0n) is 11.4. The van der Waals surface area contributed by atoms with Crippen LogP contribution in [0.2, 0.25) is 0 Å². The molecule has 0 unspecified atom stereocenters. The second-order valence-electron chi connectivity index (χ2n) is 4.99. The van der Waals surface area contributed by atoms with Gasteiger partial charge in [0, 0.05) is 17.8 Å². The van der Waals surface area contributed by atoms with Crippen molar-refractivity contribution in [2.45, 2.75) is 13.8 Å². The Morgan fingerprint density at radius 1 is 1.35 bits per heavy atom. The van der Waals surface area contributed by atoms with E-state index in [2.05, 4.69) is 10.3 Å². The summed E-state index contributed by atoms with van der Waals surface area (Å²) in [6.07, 6.45) is 3.03. The number of halogens is 1. The molecule has 0 aliphatic carbocycles. The van der Waals surface area contributed by atoms with Crippen LogP contribution >= 0.6 is 12.4 Å². The average molecular weight is 296 g/mol. The fourth-order valence-electron chi connectivity index (χ4n) is 1.47. The van der Waals surface area contributed by atoms with Gasteiger partial charge < -0.3 is 15.5 Å². The maximum atomic E-state index is 12.0. The molecule has 2 aromatic rings. The van der Waals surface area contributed by atoms with Crippen molar-refractivity contribution in [2.24, 2.45) is 11.1 Å². The Balaban J connectivity index is 0.00000200. The SMILES string of the molecule is CC(C)(CN)C(=O)Nc1ccc(-c2cnco2)cc1.Cl. The molecule has 0 aliphatic rings. The van der Waals surface area contributed by atoms with Crippen LogP contribution in [0.5, 0.6) is 0 Å². The molecule has 1 aromatic heterocycles. The highest BCUT2D eigenvalue weighted by atomic mass is 35.5. The lowest BCUT2D eigenvalue weighted by Crippen LogP contribution is -2.37. The van der Waals surface area contributed by atoms with Crippen LogP contribution in [-0.4, -0.2) is 17.4 Å². The fraction of sp³-hybridized carbons (Fsp3) is 0.286. The van der Waals surface area contributed by atoms with E-state index in [1.807, 2.05) is 38.1 Å². The number of carbonyl (C=O) groups excluding carboxylic acids is 1. The number of amides is 1. The molecule has 0 atom stereocenters. The van der Waals surface area contributed by atoms with Crippen molar-refractivity contribution in [3.05, 3.63) is 36.9 Å². The van der Waals surface area contributed by atoms with Crippen LogP contribution < -0.4 is 11.1 Å². The van der Waals surface area contributed by atoms with Gasteiger partial charge in [-0.1, -0.05) is 0 Å². The number of benzene rings is 1. The van der Waals surface area contributed by atoms with Gasteiger partial charge in [0.05, 0.1) is 11.6 Å². The maximum Gasteiger partial charge on any atom is 0.231 e. The molecule has 0 fully saturated rings. The third-order valence-electron chi connectivity index (χ3n) is 2.98. The summed E-state index contributed by atoms with van der Waals surface area (Å²) in [5.41, 5.74) is 6.63. The molecule has 3 N–H and O–H groups in total. The van der Waals surface area contributed by atoms with E-state index < -0.39 is 5.41 Å². The summed E-state index contributed by atoms with van der Waals surface area (Å²) in [5.74, 6) is 0.600. The second kappa shape index (κ2) is 6.54. The average Bonchev–Trinajstić information content (AvgIpc) is 2.93. The van der Waals surface area contributed by atoms with Gasteiger partial charge in [0.2, 0.25) is 5.91 Å². The van der Waals surface area contributed by atoms with Crippen LogP contribution in [-0.2, 0) is 4.79 Å². The fourth-order valence-corrected chi connectivity index (χ4v) is 1.47. The van der Waals surface area contributed by atoms with Gasteiger partial charge in [-0.3, -0.25) is 4.79 Å². The van der Waals surface area contributed by atoms with Crippen molar-refractivity contribution in [3.8, 4) is 11.3 Å². The monoisotopic (exact) mass is 295 g/mol. The summed E-state index contributed by atoms with van der Waals surface area (Å²) in [5, 5.41) is 2.84. The normalized spacial score (nSPS) is 10.8. The summed E-state index contributed by atoms with van der Waals surface area (Å²) >= 11 is 0. The van der Waals surface area contributed by atoms with E-state index in [4.69, 9.17) is 10.2 Å². The van der Waals surface area contributed by atoms with E-state index in [0.29, 0.717) is 12.3 Å². The number of carbonyl (C=O) groups is 1. The third kappa shape index (κ3) is 3.59. The van der Waals surface area contributed by atoms with E-state index >= 15 is 0 Å². The Morgan fingerprint density at radius 3 is 2.50 bits per heavy atom. The van der Waals surface area contributed by atoms with Crippen molar-refractivity contribution in [2.75, 3.05) is 11.9 Å².